The van der Waals surface area contributed by atoms with Gasteiger partial charge >= 0.3 is 0 Å². The van der Waals surface area contributed by atoms with Crippen LogP contribution in [0.5, 0.6) is 0 Å². The molecule has 0 spiro atoms. The largest absolute Gasteiger partial charge is 0.368 e. The van der Waals surface area contributed by atoms with Gasteiger partial charge in [-0.25, -0.2) is 4.98 Å². The molecule has 0 bridgehead atoms. The van der Waals surface area contributed by atoms with Gasteiger partial charge in [-0.3, -0.25) is 0 Å². The Morgan fingerprint density at radius 2 is 1.87 bits per heavy atom. The van der Waals surface area contributed by atoms with Crippen LogP contribution in [0.3, 0.4) is 0 Å². The van der Waals surface area contributed by atoms with Gasteiger partial charge in [-0.15, -0.1) is 0 Å². The summed E-state index contributed by atoms with van der Waals surface area (Å²) in [4.78, 5) is 9.95. The van der Waals surface area contributed by atoms with Crippen LogP contribution in [0.1, 0.15) is 0 Å². The van der Waals surface area contributed by atoms with Crippen molar-refractivity contribution in [2.45, 2.75) is 0 Å². The van der Waals surface area contributed by atoms with Gasteiger partial charge in [0.25, 0.3) is 0 Å². The van der Waals surface area contributed by atoms with E-state index in [1.54, 1.807) is 6.20 Å². The summed E-state index contributed by atoms with van der Waals surface area (Å²) in [5.41, 5.74) is 6.59. The van der Waals surface area contributed by atoms with Crippen LogP contribution < -0.4 is 10.6 Å². The molecular formula is C11H12N4. The number of nitrogens with zero attached hydrogens (tertiary/aromatic N) is 3. The molecule has 0 amide bonds. The Bertz CT molecular complexity index is 441. The molecule has 0 atom stereocenters. The number of para-hydroxylation sites is 1. The lowest BCUT2D eigenvalue weighted by molar-refractivity contribution is 1.09. The van der Waals surface area contributed by atoms with Crippen LogP contribution in [-0.4, -0.2) is 17.0 Å². The Morgan fingerprint density at radius 3 is 2.53 bits per heavy atom. The molecule has 0 aliphatic rings. The molecule has 2 aromatic rings. The number of hydrogen-bond acceptors (Lipinski definition) is 4. The van der Waals surface area contributed by atoms with Gasteiger partial charge in [0.1, 0.15) is 5.82 Å². The molecule has 0 fully saturated rings. The average Bonchev–Trinajstić information content (AvgIpc) is 2.29. The summed E-state index contributed by atoms with van der Waals surface area (Å²) < 4.78 is 0. The van der Waals surface area contributed by atoms with E-state index in [0.29, 0.717) is 0 Å². The molecule has 4 heteroatoms. The van der Waals surface area contributed by atoms with E-state index in [1.165, 1.54) is 0 Å². The number of nitrogens with two attached hydrogens (primary N) is 1. The fourth-order valence-corrected chi connectivity index (χ4v) is 1.33. The smallest absolute Gasteiger partial charge is 0.221 e. The second kappa shape index (κ2) is 3.96. The first kappa shape index (κ1) is 9.45. The van der Waals surface area contributed by atoms with Crippen molar-refractivity contribution in [2.75, 3.05) is 17.7 Å². The van der Waals surface area contributed by atoms with Gasteiger partial charge < -0.3 is 10.6 Å². The normalized spacial score (nSPS) is 9.93. The highest BCUT2D eigenvalue weighted by molar-refractivity contribution is 5.59. The first-order valence-corrected chi connectivity index (χ1v) is 4.64. The van der Waals surface area contributed by atoms with E-state index >= 15 is 0 Å². The summed E-state index contributed by atoms with van der Waals surface area (Å²) in [6.45, 7) is 0. The summed E-state index contributed by atoms with van der Waals surface area (Å²) in [5.74, 6) is 1.07. The molecule has 0 unspecified atom stereocenters. The van der Waals surface area contributed by atoms with E-state index in [0.717, 1.165) is 11.5 Å². The lowest BCUT2D eigenvalue weighted by Crippen LogP contribution is -2.12. The van der Waals surface area contributed by atoms with E-state index in [2.05, 4.69) is 9.97 Å². The first-order chi connectivity index (χ1) is 7.27. The van der Waals surface area contributed by atoms with Gasteiger partial charge in [-0.1, -0.05) is 18.2 Å². The van der Waals surface area contributed by atoms with Crippen molar-refractivity contribution in [2.24, 2.45) is 0 Å². The SMILES string of the molecule is CN(c1ccccc1)c1ccnc(N)n1. The Kier molecular flexibility index (Phi) is 2.49. The quantitative estimate of drug-likeness (QED) is 0.803. The number of anilines is 3. The van der Waals surface area contributed by atoms with Crippen molar-refractivity contribution in [1.29, 1.82) is 0 Å². The average molecular weight is 200 g/mol. The lowest BCUT2D eigenvalue weighted by Gasteiger charge is -2.17. The molecule has 4 nitrogen and oxygen atoms in total. The molecule has 15 heavy (non-hydrogen) atoms. The lowest BCUT2D eigenvalue weighted by atomic mass is 10.3. The van der Waals surface area contributed by atoms with Gasteiger partial charge in [-0.2, -0.15) is 4.98 Å². The fraction of sp³-hybridized carbons (Fsp3) is 0.0909. The fourth-order valence-electron chi connectivity index (χ4n) is 1.33. The molecule has 1 aromatic heterocycles. The minimum Gasteiger partial charge on any atom is -0.368 e. The molecular weight excluding hydrogens is 188 g/mol. The van der Waals surface area contributed by atoms with Crippen molar-refractivity contribution in [3.05, 3.63) is 42.6 Å². The van der Waals surface area contributed by atoms with Crippen LogP contribution in [0, 0.1) is 0 Å². The Balaban J connectivity index is 2.32. The summed E-state index contributed by atoms with van der Waals surface area (Å²) >= 11 is 0. The minimum atomic E-state index is 0.287. The van der Waals surface area contributed by atoms with Gasteiger partial charge in [0.2, 0.25) is 5.95 Å². The number of nitrogen functional groups attached to an aromatic ring is 1. The maximum Gasteiger partial charge on any atom is 0.221 e. The first-order valence-electron chi connectivity index (χ1n) is 4.64. The second-order valence-electron chi connectivity index (χ2n) is 3.17. The van der Waals surface area contributed by atoms with E-state index in [9.17, 15) is 0 Å². The van der Waals surface area contributed by atoms with Crippen molar-refractivity contribution in [3.8, 4) is 0 Å². The zero-order valence-electron chi connectivity index (χ0n) is 8.46. The Morgan fingerprint density at radius 1 is 1.13 bits per heavy atom. The molecule has 1 aromatic carbocycles. The van der Waals surface area contributed by atoms with Crippen molar-refractivity contribution < 1.29 is 0 Å². The number of benzene rings is 1. The molecule has 0 radical (unpaired) electrons. The standard InChI is InChI=1S/C11H12N4/c1-15(9-5-3-2-4-6-9)10-7-8-13-11(12)14-10/h2-8H,1H3,(H2,12,13,14). The van der Waals surface area contributed by atoms with Crippen LogP contribution >= 0.6 is 0 Å². The monoisotopic (exact) mass is 200 g/mol. The maximum absolute atomic E-state index is 5.53. The van der Waals surface area contributed by atoms with Crippen LogP contribution in [0.4, 0.5) is 17.5 Å². The van der Waals surface area contributed by atoms with Gasteiger partial charge in [0.15, 0.2) is 0 Å². The predicted octanol–water partition coefficient (Wildman–Crippen LogP) is 1.83. The Labute approximate surface area is 88.4 Å². The van der Waals surface area contributed by atoms with Crippen LogP contribution in [0.15, 0.2) is 42.6 Å². The Hall–Kier alpha value is -2.10. The highest BCUT2D eigenvalue weighted by atomic mass is 15.2. The van der Waals surface area contributed by atoms with Crippen LogP contribution in [0.2, 0.25) is 0 Å². The van der Waals surface area contributed by atoms with E-state index in [-0.39, 0.29) is 5.95 Å². The minimum absolute atomic E-state index is 0.287. The summed E-state index contributed by atoms with van der Waals surface area (Å²) in [7, 11) is 1.94. The molecule has 2 N–H and O–H groups in total. The maximum atomic E-state index is 5.53. The zero-order valence-corrected chi connectivity index (χ0v) is 8.46. The molecule has 76 valence electrons. The summed E-state index contributed by atoms with van der Waals surface area (Å²) in [6.07, 6.45) is 1.65. The van der Waals surface area contributed by atoms with Gasteiger partial charge in [-0.05, 0) is 18.2 Å². The third-order valence-electron chi connectivity index (χ3n) is 2.15. The molecule has 0 saturated carbocycles. The summed E-state index contributed by atoms with van der Waals surface area (Å²) in [6, 6.07) is 11.8. The molecule has 0 aliphatic carbocycles. The van der Waals surface area contributed by atoms with E-state index in [4.69, 9.17) is 5.73 Å². The number of aromatic nitrogens is 2. The highest BCUT2D eigenvalue weighted by Gasteiger charge is 2.04. The number of rotatable bonds is 2. The predicted molar refractivity (Wildman–Crippen MR) is 60.9 cm³/mol. The third-order valence-corrected chi connectivity index (χ3v) is 2.15. The molecule has 1 heterocycles. The summed E-state index contributed by atoms with van der Waals surface area (Å²) in [5, 5.41) is 0. The van der Waals surface area contributed by atoms with Gasteiger partial charge in [0.05, 0.1) is 0 Å². The molecule has 2 rings (SSSR count). The third kappa shape index (κ3) is 2.04. The van der Waals surface area contributed by atoms with Gasteiger partial charge in [0, 0.05) is 18.9 Å². The zero-order chi connectivity index (χ0) is 10.7. The number of hydrogen-bond donors (Lipinski definition) is 1. The second-order valence-corrected chi connectivity index (χ2v) is 3.17. The van der Waals surface area contributed by atoms with Crippen LogP contribution in [0.25, 0.3) is 0 Å². The molecule has 0 saturated heterocycles. The molecule has 0 aliphatic heterocycles. The van der Waals surface area contributed by atoms with Crippen molar-refractivity contribution in [3.63, 3.8) is 0 Å². The van der Waals surface area contributed by atoms with Crippen molar-refractivity contribution in [1.82, 2.24) is 9.97 Å². The topological polar surface area (TPSA) is 55.0 Å². The van der Waals surface area contributed by atoms with E-state index < -0.39 is 0 Å². The highest BCUT2D eigenvalue weighted by Crippen LogP contribution is 2.20. The van der Waals surface area contributed by atoms with Crippen LogP contribution in [-0.2, 0) is 0 Å². The van der Waals surface area contributed by atoms with E-state index in [1.807, 2.05) is 48.3 Å². The van der Waals surface area contributed by atoms with Crippen molar-refractivity contribution >= 4 is 17.5 Å².